The van der Waals surface area contributed by atoms with Gasteiger partial charge in [-0.05, 0) is 44.7 Å². The molecular formula is C18H24N6O. The number of hydrogen-bond acceptors (Lipinski definition) is 5. The minimum atomic E-state index is -0.0344. The number of piperidine rings is 1. The summed E-state index contributed by atoms with van der Waals surface area (Å²) in [5.41, 5.74) is 0.677. The third-order valence-electron chi connectivity index (χ3n) is 5.15. The van der Waals surface area contributed by atoms with Crippen molar-refractivity contribution in [1.29, 1.82) is 0 Å². The number of pyridine rings is 1. The fourth-order valence-corrected chi connectivity index (χ4v) is 3.78. The molecule has 1 atom stereocenters. The first-order chi connectivity index (χ1) is 12.2. The van der Waals surface area contributed by atoms with Crippen LogP contribution in [0.25, 0.3) is 0 Å². The molecule has 1 N–H and O–H groups in total. The smallest absolute Gasteiger partial charge is 0.255 e. The third-order valence-corrected chi connectivity index (χ3v) is 5.15. The van der Waals surface area contributed by atoms with E-state index >= 15 is 0 Å². The fraction of sp³-hybridized carbons (Fsp3) is 0.556. The number of aryl methyl sites for hydroxylation is 2. The van der Waals surface area contributed by atoms with E-state index in [0.29, 0.717) is 5.56 Å². The van der Waals surface area contributed by atoms with Gasteiger partial charge in [0.05, 0.1) is 5.56 Å². The van der Waals surface area contributed by atoms with Crippen molar-refractivity contribution in [3.63, 3.8) is 0 Å². The Hall–Kier alpha value is -2.44. The molecule has 7 nitrogen and oxygen atoms in total. The summed E-state index contributed by atoms with van der Waals surface area (Å²) in [6.45, 7) is 4.64. The van der Waals surface area contributed by atoms with Crippen molar-refractivity contribution in [2.45, 2.75) is 51.6 Å². The van der Waals surface area contributed by atoms with Gasteiger partial charge in [0.1, 0.15) is 17.5 Å². The minimum Gasteiger partial charge on any atom is -0.356 e. The Morgan fingerprint density at radius 1 is 1.24 bits per heavy atom. The van der Waals surface area contributed by atoms with Crippen molar-refractivity contribution in [2.24, 2.45) is 0 Å². The van der Waals surface area contributed by atoms with Gasteiger partial charge >= 0.3 is 0 Å². The second-order valence-corrected chi connectivity index (χ2v) is 6.91. The molecule has 2 aromatic heterocycles. The molecule has 1 fully saturated rings. The van der Waals surface area contributed by atoms with Gasteiger partial charge in [-0.15, -0.1) is 10.2 Å². The minimum absolute atomic E-state index is 0.0344. The van der Waals surface area contributed by atoms with E-state index in [2.05, 4.69) is 30.0 Å². The summed E-state index contributed by atoms with van der Waals surface area (Å²) in [7, 11) is 0. The van der Waals surface area contributed by atoms with Crippen molar-refractivity contribution in [1.82, 2.24) is 25.1 Å². The molecule has 1 amide bonds. The second kappa shape index (κ2) is 6.82. The lowest BCUT2D eigenvalue weighted by molar-refractivity contribution is 0.0927. The number of nitrogens with zero attached hydrogens (tertiary/aromatic N) is 5. The molecule has 0 aromatic carbocycles. The fourth-order valence-electron chi connectivity index (χ4n) is 3.78. The number of anilines is 1. The molecule has 0 unspecified atom stereocenters. The van der Waals surface area contributed by atoms with Crippen LogP contribution in [0, 0.1) is 6.92 Å². The average Bonchev–Trinajstić information content (AvgIpc) is 3.03. The van der Waals surface area contributed by atoms with Crippen LogP contribution in [0.1, 0.15) is 47.7 Å². The second-order valence-electron chi connectivity index (χ2n) is 6.91. The summed E-state index contributed by atoms with van der Waals surface area (Å²) in [5.74, 6) is 2.70. The van der Waals surface area contributed by atoms with E-state index in [9.17, 15) is 4.79 Å². The first-order valence-electron chi connectivity index (χ1n) is 9.12. The lowest BCUT2D eigenvalue weighted by atomic mass is 10.1. The number of amides is 1. The van der Waals surface area contributed by atoms with Gasteiger partial charge < -0.3 is 14.8 Å². The van der Waals surface area contributed by atoms with Gasteiger partial charge in [0.2, 0.25) is 0 Å². The maximum Gasteiger partial charge on any atom is 0.255 e. The van der Waals surface area contributed by atoms with Crippen LogP contribution in [0.3, 0.4) is 0 Å². The zero-order chi connectivity index (χ0) is 17.2. The van der Waals surface area contributed by atoms with E-state index < -0.39 is 0 Å². The normalized spacial score (nSPS) is 20.2. The highest BCUT2D eigenvalue weighted by atomic mass is 16.1. The van der Waals surface area contributed by atoms with Crippen LogP contribution in [-0.4, -0.2) is 44.8 Å². The largest absolute Gasteiger partial charge is 0.356 e. The highest BCUT2D eigenvalue weighted by molar-refractivity contribution is 5.99. The molecule has 2 aromatic rings. The molecular weight excluding hydrogens is 316 g/mol. The van der Waals surface area contributed by atoms with E-state index in [-0.39, 0.29) is 11.9 Å². The van der Waals surface area contributed by atoms with E-state index in [1.54, 1.807) is 6.20 Å². The Labute approximate surface area is 147 Å². The van der Waals surface area contributed by atoms with Gasteiger partial charge in [0.15, 0.2) is 0 Å². The predicted molar refractivity (Wildman–Crippen MR) is 94.6 cm³/mol. The number of carbonyl (C=O) groups excluding carboxylic acids is 1. The van der Waals surface area contributed by atoms with Gasteiger partial charge in [-0.3, -0.25) is 4.79 Å². The van der Waals surface area contributed by atoms with E-state index in [0.717, 1.165) is 62.8 Å². The summed E-state index contributed by atoms with van der Waals surface area (Å²) in [6, 6.07) is 3.82. The average molecular weight is 340 g/mol. The molecule has 0 bridgehead atoms. The Balaban J connectivity index is 1.49. The Bertz CT molecular complexity index is 765. The van der Waals surface area contributed by atoms with E-state index in [4.69, 9.17) is 0 Å². The summed E-state index contributed by atoms with van der Waals surface area (Å²) in [5, 5.41) is 11.5. The van der Waals surface area contributed by atoms with E-state index in [1.165, 1.54) is 6.42 Å². The standard InChI is InChI=1S/C18H24N6O/c1-13-21-22-16-8-7-14(12-24(13)16)20-18(25)15-6-5-9-19-17(15)23-10-3-2-4-11-23/h5-6,9,14H,2-4,7-8,10-12H2,1H3,(H,20,25)/t14-/m0/s1. The van der Waals surface area contributed by atoms with Crippen LogP contribution < -0.4 is 10.2 Å². The third kappa shape index (κ3) is 3.23. The zero-order valence-corrected chi connectivity index (χ0v) is 14.6. The maximum atomic E-state index is 12.9. The lowest BCUT2D eigenvalue weighted by Crippen LogP contribution is -2.42. The molecule has 4 rings (SSSR count). The summed E-state index contributed by atoms with van der Waals surface area (Å²) in [6.07, 6.45) is 7.09. The predicted octanol–water partition coefficient (Wildman–Crippen LogP) is 1.72. The number of aromatic nitrogens is 4. The zero-order valence-electron chi connectivity index (χ0n) is 14.6. The SMILES string of the molecule is Cc1nnc2n1C[C@@H](NC(=O)c1cccnc1N1CCCCC1)CC2. The monoisotopic (exact) mass is 340 g/mol. The Kier molecular flexibility index (Phi) is 4.38. The highest BCUT2D eigenvalue weighted by Gasteiger charge is 2.25. The molecule has 25 heavy (non-hydrogen) atoms. The topological polar surface area (TPSA) is 75.9 Å². The van der Waals surface area contributed by atoms with Crippen LogP contribution in [-0.2, 0) is 13.0 Å². The van der Waals surface area contributed by atoms with Gasteiger partial charge in [0, 0.05) is 38.3 Å². The Morgan fingerprint density at radius 3 is 2.92 bits per heavy atom. The van der Waals surface area contributed by atoms with Gasteiger partial charge in [-0.1, -0.05) is 0 Å². The van der Waals surface area contributed by atoms with Crippen LogP contribution in [0.5, 0.6) is 0 Å². The molecule has 0 radical (unpaired) electrons. The summed E-state index contributed by atoms with van der Waals surface area (Å²) >= 11 is 0. The quantitative estimate of drug-likeness (QED) is 0.921. The molecule has 4 heterocycles. The molecule has 7 heteroatoms. The highest BCUT2D eigenvalue weighted by Crippen LogP contribution is 2.22. The van der Waals surface area contributed by atoms with E-state index in [1.807, 2.05) is 19.1 Å². The molecule has 2 aliphatic heterocycles. The molecule has 1 saturated heterocycles. The van der Waals surface area contributed by atoms with Crippen LogP contribution in [0.4, 0.5) is 5.82 Å². The van der Waals surface area contributed by atoms with Crippen molar-refractivity contribution in [3.8, 4) is 0 Å². The van der Waals surface area contributed by atoms with Crippen molar-refractivity contribution in [2.75, 3.05) is 18.0 Å². The lowest BCUT2D eigenvalue weighted by Gasteiger charge is -2.30. The van der Waals surface area contributed by atoms with Crippen molar-refractivity contribution in [3.05, 3.63) is 35.5 Å². The maximum absolute atomic E-state index is 12.9. The molecule has 0 spiro atoms. The Morgan fingerprint density at radius 2 is 2.08 bits per heavy atom. The molecule has 132 valence electrons. The molecule has 0 saturated carbocycles. The summed E-state index contributed by atoms with van der Waals surface area (Å²) < 4.78 is 2.10. The summed E-state index contributed by atoms with van der Waals surface area (Å²) in [4.78, 5) is 19.6. The number of fused-ring (bicyclic) bond motifs is 1. The van der Waals surface area contributed by atoms with Gasteiger partial charge in [-0.2, -0.15) is 0 Å². The first-order valence-corrected chi connectivity index (χ1v) is 9.12. The van der Waals surface area contributed by atoms with Gasteiger partial charge in [0.25, 0.3) is 5.91 Å². The number of rotatable bonds is 3. The molecule has 0 aliphatic carbocycles. The number of hydrogen-bond donors (Lipinski definition) is 1. The number of carbonyl (C=O) groups is 1. The van der Waals surface area contributed by atoms with Crippen LogP contribution in [0.2, 0.25) is 0 Å². The van der Waals surface area contributed by atoms with Gasteiger partial charge in [-0.25, -0.2) is 4.98 Å². The van der Waals surface area contributed by atoms with Crippen molar-refractivity contribution < 1.29 is 4.79 Å². The van der Waals surface area contributed by atoms with Crippen molar-refractivity contribution >= 4 is 11.7 Å². The first kappa shape index (κ1) is 16.1. The van der Waals surface area contributed by atoms with Crippen LogP contribution in [0.15, 0.2) is 18.3 Å². The van der Waals surface area contributed by atoms with Crippen LogP contribution >= 0.6 is 0 Å². The molecule has 2 aliphatic rings. The number of nitrogens with one attached hydrogen (secondary N) is 1.